The zero-order chi connectivity index (χ0) is 97.4. The van der Waals surface area contributed by atoms with E-state index >= 15 is 0 Å². The van der Waals surface area contributed by atoms with E-state index < -0.39 is 144 Å². The monoisotopic (exact) mass is 1790 g/mol. The molecule has 0 aliphatic heterocycles. The molecule has 2 heterocycles. The van der Waals surface area contributed by atoms with Gasteiger partial charge in [0, 0.05) is 49.6 Å². The fourth-order valence-electron chi connectivity index (χ4n) is 7.52. The van der Waals surface area contributed by atoms with Crippen LogP contribution < -0.4 is 97.5 Å². The number of aliphatic hydroxyl groups excluding tert-OH is 1. The lowest BCUT2D eigenvalue weighted by Crippen LogP contribution is -2.39. The Bertz CT molecular complexity index is 3610. The number of fused-ring (bicyclic) bond motifs is 1. The average Bonchev–Trinajstić information content (AvgIpc) is 1.69. The van der Waals surface area contributed by atoms with E-state index in [0.717, 1.165) is 59.5 Å². The zero-order valence-corrected chi connectivity index (χ0v) is 72.3. The number of benzene rings is 3. The molecule has 0 saturated heterocycles. The number of aromatic nitrogens is 3. The molecule has 2 aromatic heterocycles. The third-order valence-electron chi connectivity index (χ3n) is 14.9. The fourth-order valence-corrected chi connectivity index (χ4v) is 8.01. The van der Waals surface area contributed by atoms with E-state index in [4.69, 9.17) is 157 Å². The van der Waals surface area contributed by atoms with Crippen LogP contribution in [0.25, 0.3) is 10.9 Å². The minimum atomic E-state index is -1.18. The number of guanidine groups is 2. The van der Waals surface area contributed by atoms with Crippen molar-refractivity contribution in [2.75, 3.05) is 25.1 Å². The Hall–Kier alpha value is -11.6. The normalized spacial score (nSPS) is 12.9. The van der Waals surface area contributed by atoms with E-state index in [1.165, 1.54) is 13.3 Å². The predicted molar refractivity (Wildman–Crippen MR) is 471 cm³/mol. The molecular weight excluding hydrogens is 1650 g/mol. The molecule has 0 aliphatic rings. The summed E-state index contributed by atoms with van der Waals surface area (Å²) < 4.78 is 0. The molecule has 0 radical (unpaired) electrons. The molecule has 0 saturated carbocycles. The number of hydrogen-bond donors (Lipinski definition) is 34. The number of H-pyrrole nitrogens is 2. The molecule has 5 rings (SSSR count). The lowest BCUT2D eigenvalue weighted by molar-refractivity contribution is -0.141. The number of carboxylic acids is 12. The van der Waals surface area contributed by atoms with Crippen LogP contribution in [0.3, 0.4) is 0 Å². The van der Waals surface area contributed by atoms with E-state index in [2.05, 4.69) is 31.7 Å². The molecule has 13 atom stereocenters. The number of unbranched alkanes of at least 4 members (excludes halogenated alkanes) is 1. The Labute approximate surface area is 724 Å². The Morgan fingerprint density at radius 3 is 1.10 bits per heavy atom. The molecule has 3 aromatic carbocycles. The van der Waals surface area contributed by atoms with Crippen LogP contribution in [0.2, 0.25) is 0 Å². The highest BCUT2D eigenvalue weighted by atomic mass is 32.2. The number of carboxylic acid groups (broad SMARTS) is 12. The Balaban J connectivity index is -0.000000167. The SMILES string of the molecule is CC(=O)O.CC(C)C[C@H](N)C(=O)O.CC(C)[C@H](N)C(=O)O.CC[C@H](C)[C@H](N)C(=O)O.CSCC[C@H](N)C(=O)O.C[C@@H](O)[C@H](N)C(=O)O.N.N=C(N)N.N=C(N)NCCC[C@H](N)C(=O)O.NCCCC[C@H](N)C(=O)O.N[C@@H](Cc1c[nH]c2ccccc12)C(=O)O.N[C@@H](Cc1c[nH]cn1)C(=O)O.N[C@@H](Cc1ccccc1)C(=O)O.N[C@@H](Cc1ccccc1)C(=O)O. The summed E-state index contributed by atoms with van der Waals surface area (Å²) in [7, 11) is 0. The molecule has 0 fully saturated rings. The van der Waals surface area contributed by atoms with E-state index in [1.807, 2.05) is 125 Å². The van der Waals surface area contributed by atoms with Crippen molar-refractivity contribution in [2.45, 2.75) is 205 Å². The summed E-state index contributed by atoms with van der Waals surface area (Å²) in [6, 6.07) is 17.7. The van der Waals surface area contributed by atoms with Gasteiger partial charge in [0.2, 0.25) is 0 Å². The van der Waals surface area contributed by atoms with Crippen molar-refractivity contribution in [3.05, 3.63) is 126 Å². The lowest BCUT2D eigenvalue weighted by Gasteiger charge is -2.11. The third kappa shape index (κ3) is 84.0. The highest BCUT2D eigenvalue weighted by molar-refractivity contribution is 7.98. The molecule has 0 aliphatic carbocycles. The van der Waals surface area contributed by atoms with Gasteiger partial charge in [-0.3, -0.25) is 68.4 Å². The van der Waals surface area contributed by atoms with Gasteiger partial charge in [0.15, 0.2) is 11.9 Å². The van der Waals surface area contributed by atoms with Crippen LogP contribution in [-0.4, -0.2) is 263 Å². The van der Waals surface area contributed by atoms with Crippen molar-refractivity contribution in [1.29, 1.82) is 10.8 Å². The minimum absolute atomic E-state index is 0. The molecule has 51 N–H and O–H groups in total. The number of aromatic amines is 2. The molecule has 47 nitrogen and oxygen atoms in total. The van der Waals surface area contributed by atoms with Crippen molar-refractivity contribution >= 4 is 106 Å². The number of nitrogens with zero attached hydrogens (tertiary/aromatic N) is 1. The van der Waals surface area contributed by atoms with Gasteiger partial charge in [-0.2, -0.15) is 11.8 Å². The van der Waals surface area contributed by atoms with E-state index in [-0.39, 0.29) is 36.3 Å². The quantitative estimate of drug-likeness (QED) is 0.0129. The summed E-state index contributed by atoms with van der Waals surface area (Å²) in [4.78, 5) is 131. The summed E-state index contributed by atoms with van der Waals surface area (Å²) in [5.74, 6) is -10.7. The van der Waals surface area contributed by atoms with Crippen LogP contribution in [-0.2, 0) is 83.2 Å². The first-order chi connectivity index (χ1) is 56.9. The van der Waals surface area contributed by atoms with Gasteiger partial charge in [0.1, 0.15) is 66.5 Å². The van der Waals surface area contributed by atoms with E-state index in [0.29, 0.717) is 76.1 Å². The van der Waals surface area contributed by atoms with E-state index in [9.17, 15) is 52.7 Å². The molecule has 0 unspecified atom stereocenters. The largest absolute Gasteiger partial charge is 0.481 e. The Morgan fingerprint density at radius 1 is 0.468 bits per heavy atom. The number of aliphatic carboxylic acids is 12. The first-order valence-corrected chi connectivity index (χ1v) is 38.9. The van der Waals surface area contributed by atoms with Gasteiger partial charge < -0.3 is 174 Å². The van der Waals surface area contributed by atoms with Crippen LogP contribution in [0.1, 0.15) is 129 Å². The topological polar surface area (TPSA) is 997 Å². The van der Waals surface area contributed by atoms with Crippen molar-refractivity contribution in [1.82, 2.24) is 26.4 Å². The van der Waals surface area contributed by atoms with Crippen molar-refractivity contribution in [3.8, 4) is 0 Å². The number of para-hydroxylation sites is 1. The molecule has 124 heavy (non-hydrogen) atoms. The molecule has 710 valence electrons. The molecule has 0 spiro atoms. The maximum absolute atomic E-state index is 10.6. The second kappa shape index (κ2) is 79.8. The number of aliphatic hydroxyl groups is 1. The smallest absolute Gasteiger partial charge is 0.323 e. The molecule has 5 aromatic rings. The van der Waals surface area contributed by atoms with Gasteiger partial charge >= 0.3 is 65.7 Å². The number of thioether (sulfide) groups is 1. The van der Waals surface area contributed by atoms with Gasteiger partial charge in [0.25, 0.3) is 5.97 Å². The predicted octanol–water partition coefficient (Wildman–Crippen LogP) is -1.08. The summed E-state index contributed by atoms with van der Waals surface area (Å²) >= 11 is 1.60. The summed E-state index contributed by atoms with van der Waals surface area (Å²) in [5, 5.41) is 124. The van der Waals surface area contributed by atoms with Gasteiger partial charge in [0.05, 0.1) is 18.1 Å². The molecular formula is C76H140N22O25S. The zero-order valence-electron chi connectivity index (χ0n) is 71.5. The van der Waals surface area contributed by atoms with Crippen molar-refractivity contribution in [3.63, 3.8) is 0 Å². The van der Waals surface area contributed by atoms with E-state index in [1.54, 1.807) is 31.8 Å². The minimum Gasteiger partial charge on any atom is -0.481 e. The first kappa shape index (κ1) is 130. The fraction of sp³-hybridized carbons (Fsp3) is 0.513. The number of imidazole rings is 1. The standard InChI is InChI=1S/C11H12N2O2.2C9H11NO2.C6H14N4O2.C6H9N3O2.C6H14N2O2.2C6H13NO2.C5H11NO2S.C5H11NO2.C4H9NO3.C2H4O2.CH5N3.H3N/c12-9(11(14)15)5-7-6-13-10-4-2-1-3-8(7)10;2*10-8(9(11)12)6-7-4-2-1-3-5-7;7-4(5(11)12)2-1-3-10-6(8)9;7-5(6(10)11)1-4-2-8-3-9-4;7-4-2-1-3-5(8)6(9)10;1-4(2)3-5(7)6(8)9;1-3-4(2)5(7)6(8)9;1-9-3-2-4(6)5(7)8;1-3(2)4(6)5(7)8;1-2(6)3(5)4(7)8;1-2(3)4;2-1(3)4;/h1-4,6,9,13H,5,12H2,(H,14,15);2*1-5,8H,6,10H2,(H,11,12);4H,1-3,7H2,(H,11,12)(H4,8,9,10);2-3,5H,1,7H2,(H,8,9)(H,10,11);5H,1-4,7-8H2,(H,9,10);2*4-5H,3,7H2,1-2H3,(H,8,9);4H,2-3,6H2,1H3,(H,7,8);3-4H,6H2,1-2H3,(H,7,8);2-3,6H,5H2,1H3,(H,7,8);1H3,(H,3,4);(H5,2,3,4);1H3/t9-;2*8-;4-;3*5-;4-,5-;2*4-;2-,3+;;;/m00000000001.../s1. The van der Waals surface area contributed by atoms with Gasteiger partial charge in [-0.05, 0) is 117 Å². The number of rotatable bonds is 36. The van der Waals surface area contributed by atoms with Crippen molar-refractivity contribution in [2.24, 2.45) is 104 Å². The maximum Gasteiger partial charge on any atom is 0.323 e. The summed E-state index contributed by atoms with van der Waals surface area (Å²) in [6.45, 7) is 14.7. The Kier molecular flexibility index (Phi) is 84.0. The van der Waals surface area contributed by atoms with Gasteiger partial charge in [-0.25, -0.2) is 4.98 Å². The van der Waals surface area contributed by atoms with Gasteiger partial charge in [-0.15, -0.1) is 0 Å². The highest BCUT2D eigenvalue weighted by Crippen LogP contribution is 2.19. The molecule has 0 bridgehead atoms. The number of hydrogen-bond acceptors (Lipinski definition) is 30. The van der Waals surface area contributed by atoms with Crippen LogP contribution in [0.15, 0.2) is 104 Å². The number of nitrogens with one attached hydrogen (secondary N) is 5. The Morgan fingerprint density at radius 2 is 0.823 bits per heavy atom. The van der Waals surface area contributed by atoms with Crippen LogP contribution in [0.4, 0.5) is 0 Å². The number of carbonyl (C=O) groups is 12. The summed E-state index contributed by atoms with van der Waals surface area (Å²) in [5.41, 5.74) is 81.3. The molecule has 0 amide bonds. The van der Waals surface area contributed by atoms with Crippen LogP contribution in [0.5, 0.6) is 0 Å². The van der Waals surface area contributed by atoms with Crippen LogP contribution >= 0.6 is 11.8 Å². The molecule has 48 heteroatoms. The third-order valence-corrected chi connectivity index (χ3v) is 15.6. The highest BCUT2D eigenvalue weighted by Gasteiger charge is 2.21. The maximum atomic E-state index is 10.6. The van der Waals surface area contributed by atoms with Gasteiger partial charge in [-0.1, -0.05) is 133 Å². The second-order valence-corrected chi connectivity index (χ2v) is 27.9. The lowest BCUT2D eigenvalue weighted by atomic mass is 10.0. The second-order valence-electron chi connectivity index (χ2n) is 26.9. The average molecular weight is 1790 g/mol. The van der Waals surface area contributed by atoms with Crippen LogP contribution in [0, 0.1) is 28.6 Å². The number of nitrogens with two attached hydrogens (primary N) is 15. The van der Waals surface area contributed by atoms with Crippen molar-refractivity contribution < 1.29 is 124 Å². The summed E-state index contributed by atoms with van der Waals surface area (Å²) in [6.07, 6.45) is 12.3. The first-order valence-electron chi connectivity index (χ1n) is 37.5.